The number of ether oxygens (including phenoxy) is 1. The van der Waals surface area contributed by atoms with Crippen molar-refractivity contribution in [3.63, 3.8) is 0 Å². The maximum Gasteiger partial charge on any atom is 0.387 e. The number of rotatable bonds is 5. The zero-order chi connectivity index (χ0) is 14.5. The molecule has 1 heterocycles. The summed E-state index contributed by atoms with van der Waals surface area (Å²) in [5.74, 6) is 1.02. The van der Waals surface area contributed by atoms with Gasteiger partial charge in [0.05, 0.1) is 5.69 Å². The third kappa shape index (κ3) is 3.77. The standard InChI is InChI=1S/C13H12ClF2N3O/c1-2-11-18-10(14)7-12(19-11)17-8-5-3-4-6-9(8)20-13(15)16/h3-7,13H,2H2,1H3,(H,17,18,19). The Morgan fingerprint density at radius 3 is 2.75 bits per heavy atom. The Morgan fingerprint density at radius 1 is 1.30 bits per heavy atom. The second-order valence-corrected chi connectivity index (χ2v) is 4.23. The Balaban J connectivity index is 2.27. The van der Waals surface area contributed by atoms with Crippen LogP contribution >= 0.6 is 11.6 Å². The molecule has 1 N–H and O–H groups in total. The lowest BCUT2D eigenvalue weighted by Gasteiger charge is -2.12. The van der Waals surface area contributed by atoms with Crippen molar-refractivity contribution in [3.05, 3.63) is 41.3 Å². The molecule has 0 saturated heterocycles. The molecule has 0 aliphatic rings. The van der Waals surface area contributed by atoms with Crippen molar-refractivity contribution >= 4 is 23.1 Å². The Labute approximate surface area is 119 Å². The third-order valence-electron chi connectivity index (χ3n) is 2.42. The number of hydrogen-bond donors (Lipinski definition) is 1. The number of hydrogen-bond acceptors (Lipinski definition) is 4. The molecular formula is C13H12ClF2N3O. The van der Waals surface area contributed by atoms with Gasteiger partial charge in [0, 0.05) is 12.5 Å². The Bertz CT molecular complexity index is 596. The predicted molar refractivity (Wildman–Crippen MR) is 72.8 cm³/mol. The molecule has 2 aromatic rings. The second-order valence-electron chi connectivity index (χ2n) is 3.85. The predicted octanol–water partition coefficient (Wildman–Crippen LogP) is 4.04. The monoisotopic (exact) mass is 299 g/mol. The minimum Gasteiger partial charge on any atom is -0.433 e. The molecule has 1 aromatic carbocycles. The summed E-state index contributed by atoms with van der Waals surface area (Å²) >= 11 is 5.88. The van der Waals surface area contributed by atoms with Gasteiger partial charge in [0.25, 0.3) is 0 Å². The SMILES string of the molecule is CCc1nc(Cl)cc(Nc2ccccc2OC(F)F)n1. The maximum atomic E-state index is 12.3. The number of halogens is 3. The molecule has 7 heteroatoms. The number of nitrogens with one attached hydrogen (secondary N) is 1. The van der Waals surface area contributed by atoms with Gasteiger partial charge >= 0.3 is 6.61 Å². The lowest BCUT2D eigenvalue weighted by Crippen LogP contribution is -2.05. The first kappa shape index (κ1) is 14.5. The smallest absolute Gasteiger partial charge is 0.387 e. The number of alkyl halides is 2. The molecule has 0 fully saturated rings. The van der Waals surface area contributed by atoms with Crippen molar-refractivity contribution in [1.29, 1.82) is 0 Å². The summed E-state index contributed by atoms with van der Waals surface area (Å²) in [6.45, 7) is -0.998. The van der Waals surface area contributed by atoms with Gasteiger partial charge in [0.1, 0.15) is 22.5 Å². The quantitative estimate of drug-likeness (QED) is 0.847. The maximum absolute atomic E-state index is 12.3. The van der Waals surface area contributed by atoms with Crippen molar-refractivity contribution in [3.8, 4) is 5.75 Å². The molecule has 0 radical (unpaired) electrons. The van der Waals surface area contributed by atoms with Crippen molar-refractivity contribution in [1.82, 2.24) is 9.97 Å². The molecule has 0 unspecified atom stereocenters. The normalized spacial score (nSPS) is 10.7. The van der Waals surface area contributed by atoms with Gasteiger partial charge in [-0.3, -0.25) is 0 Å². The van der Waals surface area contributed by atoms with E-state index in [4.69, 9.17) is 11.6 Å². The minimum absolute atomic E-state index is 0.0373. The number of nitrogens with zero attached hydrogens (tertiary/aromatic N) is 2. The Hall–Kier alpha value is -1.95. The van der Waals surface area contributed by atoms with Gasteiger partial charge in [0.15, 0.2) is 0 Å². The van der Waals surface area contributed by atoms with Crippen molar-refractivity contribution in [2.75, 3.05) is 5.32 Å². The fourth-order valence-corrected chi connectivity index (χ4v) is 1.79. The van der Waals surface area contributed by atoms with Gasteiger partial charge in [-0.15, -0.1) is 0 Å². The average molecular weight is 300 g/mol. The average Bonchev–Trinajstić information content (AvgIpc) is 2.39. The topological polar surface area (TPSA) is 47.0 Å². The highest BCUT2D eigenvalue weighted by Gasteiger charge is 2.10. The summed E-state index contributed by atoms with van der Waals surface area (Å²) < 4.78 is 29.1. The van der Waals surface area contributed by atoms with E-state index in [1.54, 1.807) is 18.2 Å². The van der Waals surface area contributed by atoms with E-state index in [2.05, 4.69) is 20.0 Å². The second kappa shape index (κ2) is 6.47. The number of benzene rings is 1. The fraction of sp³-hybridized carbons (Fsp3) is 0.231. The van der Waals surface area contributed by atoms with E-state index in [9.17, 15) is 8.78 Å². The van der Waals surface area contributed by atoms with Gasteiger partial charge in [-0.1, -0.05) is 30.7 Å². The molecule has 4 nitrogen and oxygen atoms in total. The largest absolute Gasteiger partial charge is 0.433 e. The molecule has 0 aliphatic heterocycles. The number of aromatic nitrogens is 2. The van der Waals surface area contributed by atoms with Crippen LogP contribution < -0.4 is 10.1 Å². The van der Waals surface area contributed by atoms with E-state index in [1.165, 1.54) is 12.1 Å². The summed E-state index contributed by atoms with van der Waals surface area (Å²) in [6.07, 6.45) is 0.615. The van der Waals surface area contributed by atoms with Gasteiger partial charge in [0.2, 0.25) is 0 Å². The highest BCUT2D eigenvalue weighted by atomic mass is 35.5. The summed E-state index contributed by atoms with van der Waals surface area (Å²) in [5, 5.41) is 3.18. The van der Waals surface area contributed by atoms with E-state index in [1.807, 2.05) is 6.92 Å². The van der Waals surface area contributed by atoms with Crippen LogP contribution in [0.15, 0.2) is 30.3 Å². The molecule has 0 atom stereocenters. The molecule has 0 bridgehead atoms. The minimum atomic E-state index is -2.89. The van der Waals surface area contributed by atoms with Crippen molar-refractivity contribution < 1.29 is 13.5 Å². The summed E-state index contributed by atoms with van der Waals surface area (Å²) in [6, 6.07) is 7.87. The van der Waals surface area contributed by atoms with Crippen LogP contribution in [0.4, 0.5) is 20.3 Å². The molecule has 0 aliphatic carbocycles. The first-order chi connectivity index (χ1) is 9.58. The lowest BCUT2D eigenvalue weighted by molar-refractivity contribution is -0.0493. The zero-order valence-corrected chi connectivity index (χ0v) is 11.4. The van der Waals surface area contributed by atoms with Crippen molar-refractivity contribution in [2.24, 2.45) is 0 Å². The molecule has 2 rings (SSSR count). The highest BCUT2D eigenvalue weighted by molar-refractivity contribution is 6.29. The van der Waals surface area contributed by atoms with E-state index in [0.29, 0.717) is 23.8 Å². The van der Waals surface area contributed by atoms with E-state index in [-0.39, 0.29) is 10.9 Å². The molecule has 0 amide bonds. The summed E-state index contributed by atoms with van der Waals surface area (Å²) in [4.78, 5) is 8.25. The first-order valence-electron chi connectivity index (χ1n) is 5.93. The van der Waals surface area contributed by atoms with Gasteiger partial charge < -0.3 is 10.1 Å². The molecule has 106 valence electrons. The van der Waals surface area contributed by atoms with Gasteiger partial charge in [-0.05, 0) is 12.1 Å². The number of aryl methyl sites for hydroxylation is 1. The van der Waals surface area contributed by atoms with Crippen LogP contribution in [0.25, 0.3) is 0 Å². The molecule has 0 saturated carbocycles. The van der Waals surface area contributed by atoms with Crippen LogP contribution in [0.1, 0.15) is 12.7 Å². The molecular weight excluding hydrogens is 288 g/mol. The van der Waals surface area contributed by atoms with E-state index < -0.39 is 6.61 Å². The number of anilines is 2. The van der Waals surface area contributed by atoms with Crippen LogP contribution in [0, 0.1) is 0 Å². The van der Waals surface area contributed by atoms with Crippen LogP contribution in [-0.2, 0) is 6.42 Å². The van der Waals surface area contributed by atoms with Crippen LogP contribution in [0.2, 0.25) is 5.15 Å². The summed E-state index contributed by atoms with van der Waals surface area (Å²) in [7, 11) is 0. The zero-order valence-electron chi connectivity index (χ0n) is 10.6. The molecule has 1 aromatic heterocycles. The Kier molecular flexibility index (Phi) is 4.68. The van der Waals surface area contributed by atoms with Crippen LogP contribution in [0.5, 0.6) is 5.75 Å². The Morgan fingerprint density at radius 2 is 2.05 bits per heavy atom. The van der Waals surface area contributed by atoms with Crippen molar-refractivity contribution in [2.45, 2.75) is 20.0 Å². The third-order valence-corrected chi connectivity index (χ3v) is 2.62. The van der Waals surface area contributed by atoms with Crippen LogP contribution in [-0.4, -0.2) is 16.6 Å². The van der Waals surface area contributed by atoms with Gasteiger partial charge in [-0.2, -0.15) is 8.78 Å². The van der Waals surface area contributed by atoms with E-state index >= 15 is 0 Å². The highest BCUT2D eigenvalue weighted by Crippen LogP contribution is 2.28. The summed E-state index contributed by atoms with van der Waals surface area (Å²) in [5.41, 5.74) is 0.379. The molecule has 0 spiro atoms. The fourth-order valence-electron chi connectivity index (χ4n) is 1.59. The molecule has 20 heavy (non-hydrogen) atoms. The van der Waals surface area contributed by atoms with Crippen LogP contribution in [0.3, 0.4) is 0 Å². The van der Waals surface area contributed by atoms with E-state index in [0.717, 1.165) is 0 Å². The van der Waals surface area contributed by atoms with Gasteiger partial charge in [-0.25, -0.2) is 9.97 Å². The lowest BCUT2D eigenvalue weighted by atomic mass is 10.3. The first-order valence-corrected chi connectivity index (χ1v) is 6.30. The number of para-hydroxylation sites is 2.